The van der Waals surface area contributed by atoms with Gasteiger partial charge in [-0.15, -0.1) is 11.3 Å². The Balaban J connectivity index is 1.56. The Morgan fingerprint density at radius 1 is 1.37 bits per heavy atom. The molecule has 0 aromatic carbocycles. The summed E-state index contributed by atoms with van der Waals surface area (Å²) < 4.78 is 0. The normalized spacial score (nSPS) is 20.5. The quantitative estimate of drug-likeness (QED) is 0.857. The van der Waals surface area contributed by atoms with Crippen LogP contribution < -0.4 is 0 Å². The molecule has 100 valence electrons. The van der Waals surface area contributed by atoms with Crippen molar-refractivity contribution in [2.24, 2.45) is 5.92 Å². The first-order valence-electron chi connectivity index (χ1n) is 6.90. The predicted molar refractivity (Wildman–Crippen MR) is 78.1 cm³/mol. The van der Waals surface area contributed by atoms with Crippen molar-refractivity contribution in [2.45, 2.75) is 25.8 Å². The van der Waals surface area contributed by atoms with Crippen molar-refractivity contribution in [3.63, 3.8) is 0 Å². The maximum absolute atomic E-state index is 4.39. The molecule has 0 N–H and O–H groups in total. The highest BCUT2D eigenvalue weighted by atomic mass is 32.1. The number of rotatable bonds is 4. The number of aromatic nitrogens is 2. The van der Waals surface area contributed by atoms with Gasteiger partial charge in [0.1, 0.15) is 5.01 Å². The predicted octanol–water partition coefficient (Wildman–Crippen LogP) is 2.99. The van der Waals surface area contributed by atoms with Crippen LogP contribution in [0.2, 0.25) is 0 Å². The highest BCUT2D eigenvalue weighted by molar-refractivity contribution is 7.09. The molecule has 2 aromatic rings. The minimum Gasteiger partial charge on any atom is -0.296 e. The molecule has 0 bridgehead atoms. The van der Waals surface area contributed by atoms with Gasteiger partial charge in [-0.3, -0.25) is 9.88 Å². The lowest BCUT2D eigenvalue weighted by Crippen LogP contribution is -2.35. The number of piperidine rings is 1. The van der Waals surface area contributed by atoms with E-state index in [0.717, 1.165) is 18.9 Å². The molecule has 1 saturated heterocycles. The minimum atomic E-state index is 0.762. The van der Waals surface area contributed by atoms with Gasteiger partial charge >= 0.3 is 0 Å². The number of hydrogen-bond donors (Lipinski definition) is 0. The van der Waals surface area contributed by atoms with Crippen molar-refractivity contribution in [1.82, 2.24) is 14.9 Å². The van der Waals surface area contributed by atoms with Crippen LogP contribution in [0.5, 0.6) is 0 Å². The summed E-state index contributed by atoms with van der Waals surface area (Å²) in [7, 11) is 0. The van der Waals surface area contributed by atoms with Gasteiger partial charge in [0.2, 0.25) is 0 Å². The molecule has 0 amide bonds. The molecular formula is C15H19N3S. The van der Waals surface area contributed by atoms with Crippen LogP contribution in [0, 0.1) is 5.92 Å². The fourth-order valence-electron chi connectivity index (χ4n) is 2.84. The summed E-state index contributed by atoms with van der Waals surface area (Å²) in [5, 5.41) is 3.30. The van der Waals surface area contributed by atoms with Gasteiger partial charge in [-0.1, -0.05) is 6.07 Å². The van der Waals surface area contributed by atoms with Crippen molar-refractivity contribution in [3.8, 4) is 0 Å². The second kappa shape index (κ2) is 6.26. The van der Waals surface area contributed by atoms with Crippen LogP contribution in [0.4, 0.5) is 0 Å². The summed E-state index contributed by atoms with van der Waals surface area (Å²) >= 11 is 1.76. The second-order valence-corrected chi connectivity index (χ2v) is 6.21. The van der Waals surface area contributed by atoms with Crippen LogP contribution in [-0.2, 0) is 13.0 Å². The third-order valence-corrected chi connectivity index (χ3v) is 4.46. The van der Waals surface area contributed by atoms with E-state index in [-0.39, 0.29) is 0 Å². The Morgan fingerprint density at radius 2 is 2.37 bits per heavy atom. The minimum absolute atomic E-state index is 0.762. The molecule has 1 aliphatic rings. The topological polar surface area (TPSA) is 29.0 Å². The molecular weight excluding hydrogens is 254 g/mol. The smallest absolute Gasteiger partial charge is 0.107 e. The average Bonchev–Trinajstić information content (AvgIpc) is 2.93. The van der Waals surface area contributed by atoms with Crippen LogP contribution in [0.25, 0.3) is 0 Å². The fraction of sp³-hybridized carbons (Fsp3) is 0.467. The van der Waals surface area contributed by atoms with Crippen molar-refractivity contribution in [1.29, 1.82) is 0 Å². The summed E-state index contributed by atoms with van der Waals surface area (Å²) in [6, 6.07) is 4.22. The van der Waals surface area contributed by atoms with Crippen LogP contribution in [0.1, 0.15) is 23.4 Å². The second-order valence-electron chi connectivity index (χ2n) is 5.23. The lowest BCUT2D eigenvalue weighted by molar-refractivity contribution is 0.167. The Labute approximate surface area is 118 Å². The number of thiazole rings is 1. The van der Waals surface area contributed by atoms with E-state index in [2.05, 4.69) is 26.3 Å². The van der Waals surface area contributed by atoms with E-state index in [0.29, 0.717) is 0 Å². The number of hydrogen-bond acceptors (Lipinski definition) is 4. The van der Waals surface area contributed by atoms with Crippen molar-refractivity contribution in [2.75, 3.05) is 13.1 Å². The molecule has 0 saturated carbocycles. The van der Waals surface area contributed by atoms with Gasteiger partial charge < -0.3 is 0 Å². The highest BCUT2D eigenvalue weighted by Gasteiger charge is 2.20. The Kier molecular flexibility index (Phi) is 4.20. The molecule has 1 fully saturated rings. The molecule has 4 heteroatoms. The molecule has 3 heterocycles. The van der Waals surface area contributed by atoms with Crippen LogP contribution in [0.15, 0.2) is 36.1 Å². The highest BCUT2D eigenvalue weighted by Crippen LogP contribution is 2.22. The van der Waals surface area contributed by atoms with Crippen LogP contribution in [0.3, 0.4) is 0 Å². The van der Waals surface area contributed by atoms with Crippen LogP contribution >= 0.6 is 11.3 Å². The molecule has 1 aliphatic heterocycles. The van der Waals surface area contributed by atoms with E-state index in [4.69, 9.17) is 0 Å². The first kappa shape index (κ1) is 12.8. The summed E-state index contributed by atoms with van der Waals surface area (Å²) in [6.45, 7) is 3.42. The first-order chi connectivity index (χ1) is 9.40. The molecule has 0 spiro atoms. The summed E-state index contributed by atoms with van der Waals surface area (Å²) in [5.74, 6) is 0.762. The lowest BCUT2D eigenvalue weighted by Gasteiger charge is -2.32. The van der Waals surface area contributed by atoms with Gasteiger partial charge in [0.15, 0.2) is 0 Å². The van der Waals surface area contributed by atoms with Crippen molar-refractivity contribution < 1.29 is 0 Å². The van der Waals surface area contributed by atoms with Gasteiger partial charge in [-0.25, -0.2) is 4.98 Å². The van der Waals surface area contributed by atoms with Gasteiger partial charge in [0.25, 0.3) is 0 Å². The Morgan fingerprint density at radius 3 is 3.16 bits per heavy atom. The van der Waals surface area contributed by atoms with Gasteiger partial charge in [0.05, 0.1) is 6.54 Å². The molecule has 2 aromatic heterocycles. The standard InChI is InChI=1S/C15H19N3S/c1-3-13(10-16-5-1)9-14-4-2-7-18(11-14)12-15-17-6-8-19-15/h1,3,5-6,8,10,14H,2,4,7,9,11-12H2. The van der Waals surface area contributed by atoms with Gasteiger partial charge in [0, 0.05) is 30.5 Å². The third-order valence-electron chi connectivity index (χ3n) is 3.69. The SMILES string of the molecule is c1cncc(CC2CCCN(Cc3nccs3)C2)c1. The van der Waals surface area contributed by atoms with Gasteiger partial charge in [-0.2, -0.15) is 0 Å². The number of pyridine rings is 1. The zero-order valence-corrected chi connectivity index (χ0v) is 11.9. The number of likely N-dealkylation sites (tertiary alicyclic amines) is 1. The largest absolute Gasteiger partial charge is 0.296 e. The molecule has 3 rings (SSSR count). The summed E-state index contributed by atoms with van der Waals surface area (Å²) in [4.78, 5) is 11.1. The zero-order valence-electron chi connectivity index (χ0n) is 11.0. The van der Waals surface area contributed by atoms with E-state index in [1.165, 1.54) is 36.5 Å². The summed E-state index contributed by atoms with van der Waals surface area (Å²) in [5.41, 5.74) is 1.36. The van der Waals surface area contributed by atoms with E-state index in [1.807, 2.05) is 24.7 Å². The molecule has 0 aliphatic carbocycles. The maximum atomic E-state index is 4.39. The van der Waals surface area contributed by atoms with Gasteiger partial charge in [-0.05, 0) is 43.4 Å². The third kappa shape index (κ3) is 3.61. The lowest BCUT2D eigenvalue weighted by atomic mass is 9.92. The molecule has 1 unspecified atom stereocenters. The zero-order chi connectivity index (χ0) is 12.9. The van der Waals surface area contributed by atoms with E-state index in [9.17, 15) is 0 Å². The monoisotopic (exact) mass is 273 g/mol. The molecule has 0 radical (unpaired) electrons. The maximum Gasteiger partial charge on any atom is 0.107 e. The average molecular weight is 273 g/mol. The van der Waals surface area contributed by atoms with E-state index >= 15 is 0 Å². The number of nitrogens with zero attached hydrogens (tertiary/aromatic N) is 3. The fourth-order valence-corrected chi connectivity index (χ4v) is 3.49. The molecule has 3 nitrogen and oxygen atoms in total. The Bertz CT molecular complexity index is 483. The van der Waals surface area contributed by atoms with E-state index < -0.39 is 0 Å². The first-order valence-corrected chi connectivity index (χ1v) is 7.78. The van der Waals surface area contributed by atoms with Crippen molar-refractivity contribution in [3.05, 3.63) is 46.7 Å². The van der Waals surface area contributed by atoms with Crippen molar-refractivity contribution >= 4 is 11.3 Å². The Hall–Kier alpha value is -1.26. The summed E-state index contributed by atoms with van der Waals surface area (Å²) in [6.07, 6.45) is 9.54. The molecule has 1 atom stereocenters. The van der Waals surface area contributed by atoms with Crippen LogP contribution in [-0.4, -0.2) is 28.0 Å². The van der Waals surface area contributed by atoms with E-state index in [1.54, 1.807) is 11.3 Å². The molecule has 19 heavy (non-hydrogen) atoms.